The van der Waals surface area contributed by atoms with E-state index in [-0.39, 0.29) is 5.82 Å². The Kier molecular flexibility index (Phi) is 5.13. The van der Waals surface area contributed by atoms with E-state index < -0.39 is 0 Å². The molecule has 0 aliphatic heterocycles. The second-order valence-corrected chi connectivity index (χ2v) is 6.62. The Morgan fingerprint density at radius 1 is 1.21 bits per heavy atom. The smallest absolute Gasteiger partial charge is 0.137 e. The molecule has 0 aliphatic rings. The van der Waals surface area contributed by atoms with Gasteiger partial charge in [-0.3, -0.25) is 4.90 Å². The molecule has 0 aliphatic carbocycles. The van der Waals surface area contributed by atoms with Crippen LogP contribution in [-0.2, 0) is 13.1 Å². The van der Waals surface area contributed by atoms with Crippen molar-refractivity contribution in [3.63, 3.8) is 0 Å². The quantitative estimate of drug-likeness (QED) is 0.734. The van der Waals surface area contributed by atoms with Crippen LogP contribution < -0.4 is 0 Å². The van der Waals surface area contributed by atoms with Gasteiger partial charge in [0, 0.05) is 24.0 Å². The van der Waals surface area contributed by atoms with Gasteiger partial charge in [-0.15, -0.1) is 11.3 Å². The van der Waals surface area contributed by atoms with Gasteiger partial charge < -0.3 is 0 Å². The van der Waals surface area contributed by atoms with E-state index in [1.54, 1.807) is 17.4 Å². The first kappa shape index (κ1) is 14.7. The number of halogens is 2. The van der Waals surface area contributed by atoms with Crippen LogP contribution in [-0.4, -0.2) is 10.9 Å². The Labute approximate surface area is 126 Å². The van der Waals surface area contributed by atoms with Crippen molar-refractivity contribution in [1.29, 1.82) is 0 Å². The Bertz CT molecular complexity index is 525. The predicted molar refractivity (Wildman–Crippen MR) is 82.8 cm³/mol. The van der Waals surface area contributed by atoms with Gasteiger partial charge in [0.25, 0.3) is 0 Å². The fraction of sp³-hybridized carbons (Fsp3) is 0.333. The van der Waals surface area contributed by atoms with Crippen LogP contribution >= 0.6 is 27.3 Å². The third-order valence-electron chi connectivity index (χ3n) is 3.07. The van der Waals surface area contributed by atoms with Crippen molar-refractivity contribution in [3.05, 3.63) is 56.4 Å². The molecule has 2 rings (SSSR count). The summed E-state index contributed by atoms with van der Waals surface area (Å²) in [5, 5.41) is 2.09. The lowest BCUT2D eigenvalue weighted by molar-refractivity contribution is 0.205. The zero-order valence-electron chi connectivity index (χ0n) is 11.1. The van der Waals surface area contributed by atoms with Crippen LogP contribution in [0.5, 0.6) is 0 Å². The summed E-state index contributed by atoms with van der Waals surface area (Å²) in [5.74, 6) is -0.197. The van der Waals surface area contributed by atoms with Crippen molar-refractivity contribution < 1.29 is 4.39 Å². The monoisotopic (exact) mass is 341 g/mol. The van der Waals surface area contributed by atoms with Crippen LogP contribution in [0, 0.1) is 5.82 Å². The Balaban J connectivity index is 2.14. The lowest BCUT2D eigenvalue weighted by Gasteiger charge is -2.26. The minimum absolute atomic E-state index is 0.197. The van der Waals surface area contributed by atoms with Gasteiger partial charge in [0.15, 0.2) is 0 Å². The molecular weight excluding hydrogens is 325 g/mol. The van der Waals surface area contributed by atoms with Gasteiger partial charge in [-0.05, 0) is 52.9 Å². The largest absolute Gasteiger partial charge is 0.292 e. The summed E-state index contributed by atoms with van der Waals surface area (Å²) < 4.78 is 14.1. The average molecular weight is 342 g/mol. The molecule has 4 heteroatoms. The normalized spacial score (nSPS) is 11.5. The molecule has 0 atom stereocenters. The SMILES string of the molecule is CC(C)N(Cc1cccs1)Cc1cccc(F)c1Br. The maximum atomic E-state index is 13.5. The van der Waals surface area contributed by atoms with E-state index in [0.29, 0.717) is 10.5 Å². The molecule has 0 fully saturated rings. The van der Waals surface area contributed by atoms with E-state index in [4.69, 9.17) is 0 Å². The van der Waals surface area contributed by atoms with E-state index in [1.807, 2.05) is 6.07 Å². The number of nitrogens with zero attached hydrogens (tertiary/aromatic N) is 1. The molecule has 0 amide bonds. The topological polar surface area (TPSA) is 3.24 Å². The van der Waals surface area contributed by atoms with Crippen molar-refractivity contribution in [2.75, 3.05) is 0 Å². The number of hydrogen-bond acceptors (Lipinski definition) is 2. The fourth-order valence-electron chi connectivity index (χ4n) is 1.91. The summed E-state index contributed by atoms with van der Waals surface area (Å²) in [5.41, 5.74) is 0.991. The summed E-state index contributed by atoms with van der Waals surface area (Å²) in [6.07, 6.45) is 0. The van der Waals surface area contributed by atoms with Crippen LogP contribution in [0.3, 0.4) is 0 Å². The molecule has 19 heavy (non-hydrogen) atoms. The van der Waals surface area contributed by atoms with Crippen molar-refractivity contribution in [2.24, 2.45) is 0 Å². The molecule has 1 aromatic heterocycles. The summed E-state index contributed by atoms with van der Waals surface area (Å²) in [4.78, 5) is 3.67. The number of benzene rings is 1. The zero-order valence-corrected chi connectivity index (χ0v) is 13.5. The number of hydrogen-bond donors (Lipinski definition) is 0. The van der Waals surface area contributed by atoms with Gasteiger partial charge in [0.05, 0.1) is 4.47 Å². The Hall–Kier alpha value is -0.710. The summed E-state index contributed by atoms with van der Waals surface area (Å²) in [6, 6.07) is 9.83. The molecule has 0 unspecified atom stereocenters. The highest BCUT2D eigenvalue weighted by Gasteiger charge is 2.14. The molecule has 1 nitrogen and oxygen atoms in total. The molecule has 0 spiro atoms. The van der Waals surface area contributed by atoms with Gasteiger partial charge in [0.2, 0.25) is 0 Å². The van der Waals surface area contributed by atoms with Crippen LogP contribution in [0.2, 0.25) is 0 Å². The molecule has 1 aromatic carbocycles. The van der Waals surface area contributed by atoms with E-state index in [2.05, 4.69) is 52.2 Å². The van der Waals surface area contributed by atoms with Crippen LogP contribution in [0.4, 0.5) is 4.39 Å². The van der Waals surface area contributed by atoms with Crippen LogP contribution in [0.25, 0.3) is 0 Å². The standard InChI is InChI=1S/C15H17BrFNS/c1-11(2)18(10-13-6-4-8-19-13)9-12-5-3-7-14(17)15(12)16/h3-8,11H,9-10H2,1-2H3. The summed E-state index contributed by atoms with van der Waals surface area (Å²) >= 11 is 5.10. The first-order valence-electron chi connectivity index (χ1n) is 6.27. The third kappa shape index (κ3) is 3.88. The minimum atomic E-state index is -0.197. The second kappa shape index (κ2) is 6.64. The molecule has 2 aromatic rings. The van der Waals surface area contributed by atoms with Gasteiger partial charge in [-0.25, -0.2) is 4.39 Å². The molecule has 0 bridgehead atoms. The zero-order chi connectivity index (χ0) is 13.8. The van der Waals surface area contributed by atoms with Crippen molar-refractivity contribution in [3.8, 4) is 0 Å². The van der Waals surface area contributed by atoms with E-state index >= 15 is 0 Å². The average Bonchev–Trinajstić information content (AvgIpc) is 2.86. The summed E-state index contributed by atoms with van der Waals surface area (Å²) in [6.45, 7) is 5.98. The number of rotatable bonds is 5. The molecule has 0 saturated heterocycles. The molecule has 0 N–H and O–H groups in total. The summed E-state index contributed by atoms with van der Waals surface area (Å²) in [7, 11) is 0. The lowest BCUT2D eigenvalue weighted by atomic mass is 10.2. The highest BCUT2D eigenvalue weighted by Crippen LogP contribution is 2.24. The first-order chi connectivity index (χ1) is 9.08. The van der Waals surface area contributed by atoms with E-state index in [9.17, 15) is 4.39 Å². The highest BCUT2D eigenvalue weighted by molar-refractivity contribution is 9.10. The highest BCUT2D eigenvalue weighted by atomic mass is 79.9. The first-order valence-corrected chi connectivity index (χ1v) is 7.94. The Morgan fingerprint density at radius 3 is 2.63 bits per heavy atom. The maximum absolute atomic E-state index is 13.5. The molecular formula is C15H17BrFNS. The molecule has 1 heterocycles. The maximum Gasteiger partial charge on any atom is 0.137 e. The van der Waals surface area contributed by atoms with Gasteiger partial charge in [-0.2, -0.15) is 0 Å². The van der Waals surface area contributed by atoms with Gasteiger partial charge in [-0.1, -0.05) is 18.2 Å². The van der Waals surface area contributed by atoms with Gasteiger partial charge in [0.1, 0.15) is 5.82 Å². The van der Waals surface area contributed by atoms with Crippen LogP contribution in [0.15, 0.2) is 40.2 Å². The van der Waals surface area contributed by atoms with Crippen molar-refractivity contribution in [2.45, 2.75) is 33.0 Å². The lowest BCUT2D eigenvalue weighted by Crippen LogP contribution is -2.29. The fourth-order valence-corrected chi connectivity index (χ4v) is 3.03. The van der Waals surface area contributed by atoms with E-state index in [0.717, 1.165) is 18.7 Å². The van der Waals surface area contributed by atoms with E-state index in [1.165, 1.54) is 10.9 Å². The molecule has 0 saturated carbocycles. The molecule has 102 valence electrons. The van der Waals surface area contributed by atoms with Crippen molar-refractivity contribution in [1.82, 2.24) is 4.90 Å². The van der Waals surface area contributed by atoms with Gasteiger partial charge >= 0.3 is 0 Å². The minimum Gasteiger partial charge on any atom is -0.292 e. The second-order valence-electron chi connectivity index (χ2n) is 4.79. The molecule has 0 radical (unpaired) electrons. The van der Waals surface area contributed by atoms with Crippen molar-refractivity contribution >= 4 is 27.3 Å². The third-order valence-corrected chi connectivity index (χ3v) is 4.82. The predicted octanol–water partition coefficient (Wildman–Crippen LogP) is 5.06. The van der Waals surface area contributed by atoms with Crippen LogP contribution in [0.1, 0.15) is 24.3 Å². The Morgan fingerprint density at radius 2 is 2.00 bits per heavy atom. The number of thiophene rings is 1.